The van der Waals surface area contributed by atoms with Crippen molar-refractivity contribution in [3.63, 3.8) is 0 Å². The van der Waals surface area contributed by atoms with Gasteiger partial charge in [-0.25, -0.2) is 4.68 Å². The second-order valence-electron chi connectivity index (χ2n) is 4.50. The van der Waals surface area contributed by atoms with Crippen LogP contribution in [0.1, 0.15) is 27.2 Å². The van der Waals surface area contributed by atoms with Crippen molar-refractivity contribution in [2.45, 2.75) is 26.6 Å². The number of Topliss-reactive ketones (excluding diaryl/α,β-unsaturated/α-hetero) is 1. The Morgan fingerprint density at radius 2 is 1.85 bits per heavy atom. The average Bonchev–Trinajstić information content (AvgIpc) is 2.80. The van der Waals surface area contributed by atoms with Gasteiger partial charge >= 0.3 is 6.18 Å². The maximum Gasteiger partial charge on any atom is 0.456 e. The average molecular weight is 283 g/mol. The highest BCUT2D eigenvalue weighted by molar-refractivity contribution is 5.98. The first kappa shape index (κ1) is 14.2. The SMILES string of the molecule is Cc1cccc(C)c1Cn1cc(C(=O)C(F)(F)F)nn1. The van der Waals surface area contributed by atoms with Crippen molar-refractivity contribution in [2.24, 2.45) is 0 Å². The van der Waals surface area contributed by atoms with E-state index in [1.165, 1.54) is 4.68 Å². The minimum absolute atomic E-state index is 0.274. The molecule has 0 aliphatic heterocycles. The largest absolute Gasteiger partial charge is 0.456 e. The van der Waals surface area contributed by atoms with Crippen molar-refractivity contribution in [3.8, 4) is 0 Å². The van der Waals surface area contributed by atoms with Gasteiger partial charge in [-0.15, -0.1) is 5.10 Å². The smallest absolute Gasteiger partial charge is 0.282 e. The highest BCUT2D eigenvalue weighted by Crippen LogP contribution is 2.20. The van der Waals surface area contributed by atoms with Crippen LogP contribution in [0.2, 0.25) is 0 Å². The molecule has 20 heavy (non-hydrogen) atoms. The van der Waals surface area contributed by atoms with Crippen LogP contribution < -0.4 is 0 Å². The lowest BCUT2D eigenvalue weighted by Gasteiger charge is -2.08. The Kier molecular flexibility index (Phi) is 3.61. The molecule has 2 aromatic rings. The summed E-state index contributed by atoms with van der Waals surface area (Å²) in [6, 6.07) is 5.70. The third-order valence-electron chi connectivity index (χ3n) is 2.99. The summed E-state index contributed by atoms with van der Waals surface area (Å²) in [5.74, 6) is -1.98. The molecule has 0 radical (unpaired) electrons. The number of nitrogens with zero attached hydrogens (tertiary/aromatic N) is 3. The minimum Gasteiger partial charge on any atom is -0.282 e. The van der Waals surface area contributed by atoms with Gasteiger partial charge in [-0.2, -0.15) is 13.2 Å². The molecular formula is C13H12F3N3O. The summed E-state index contributed by atoms with van der Waals surface area (Å²) in [4.78, 5) is 11.0. The Morgan fingerprint density at radius 3 is 2.40 bits per heavy atom. The van der Waals surface area contributed by atoms with E-state index in [4.69, 9.17) is 0 Å². The number of benzene rings is 1. The van der Waals surface area contributed by atoms with Crippen LogP contribution in [0.4, 0.5) is 13.2 Å². The number of alkyl halides is 3. The topological polar surface area (TPSA) is 47.8 Å². The van der Waals surface area contributed by atoms with Crippen molar-refractivity contribution in [1.29, 1.82) is 0 Å². The van der Waals surface area contributed by atoms with E-state index in [1.54, 1.807) is 0 Å². The van der Waals surface area contributed by atoms with Crippen molar-refractivity contribution >= 4 is 5.78 Å². The Balaban J connectivity index is 2.25. The monoisotopic (exact) mass is 283 g/mol. The summed E-state index contributed by atoms with van der Waals surface area (Å²) in [5.41, 5.74) is 2.26. The fraction of sp³-hybridized carbons (Fsp3) is 0.308. The fourth-order valence-electron chi connectivity index (χ4n) is 1.89. The van der Waals surface area contributed by atoms with Crippen LogP contribution in [0.3, 0.4) is 0 Å². The molecule has 2 rings (SSSR count). The molecule has 106 valence electrons. The van der Waals surface area contributed by atoms with E-state index in [9.17, 15) is 18.0 Å². The van der Waals surface area contributed by atoms with E-state index in [0.717, 1.165) is 22.9 Å². The molecule has 0 fully saturated rings. The first-order valence-electron chi connectivity index (χ1n) is 5.86. The zero-order valence-corrected chi connectivity index (χ0v) is 10.9. The van der Waals surface area contributed by atoms with Crippen molar-refractivity contribution in [2.75, 3.05) is 0 Å². The molecule has 0 saturated heterocycles. The molecule has 4 nitrogen and oxygen atoms in total. The Hall–Kier alpha value is -2.18. The van der Waals surface area contributed by atoms with Crippen LogP contribution >= 0.6 is 0 Å². The molecule has 1 aromatic carbocycles. The molecule has 0 N–H and O–H groups in total. The Morgan fingerprint density at radius 1 is 1.25 bits per heavy atom. The zero-order valence-electron chi connectivity index (χ0n) is 10.9. The van der Waals surface area contributed by atoms with Gasteiger partial charge < -0.3 is 0 Å². The van der Waals surface area contributed by atoms with E-state index in [-0.39, 0.29) is 6.54 Å². The molecule has 0 unspecified atom stereocenters. The predicted octanol–water partition coefficient (Wildman–Crippen LogP) is 2.69. The standard InChI is InChI=1S/C13H12F3N3O/c1-8-4-3-5-9(2)10(8)6-19-7-11(17-18-19)12(20)13(14,15)16/h3-5,7H,6H2,1-2H3. The summed E-state index contributed by atoms with van der Waals surface area (Å²) < 4.78 is 38.0. The van der Waals surface area contributed by atoms with Crippen LogP contribution in [-0.2, 0) is 6.54 Å². The highest BCUT2D eigenvalue weighted by atomic mass is 19.4. The molecule has 1 heterocycles. The summed E-state index contributed by atoms with van der Waals surface area (Å²) >= 11 is 0. The number of ketones is 1. The van der Waals surface area contributed by atoms with Crippen LogP contribution in [0.25, 0.3) is 0 Å². The maximum absolute atomic E-state index is 12.3. The first-order valence-corrected chi connectivity index (χ1v) is 5.86. The van der Waals surface area contributed by atoms with Crippen molar-refractivity contribution < 1.29 is 18.0 Å². The van der Waals surface area contributed by atoms with E-state index in [2.05, 4.69) is 10.3 Å². The molecule has 1 aromatic heterocycles. The van der Waals surface area contributed by atoms with Crippen LogP contribution in [0.15, 0.2) is 24.4 Å². The molecule has 0 aliphatic carbocycles. The highest BCUT2D eigenvalue weighted by Gasteiger charge is 2.41. The van der Waals surface area contributed by atoms with Gasteiger partial charge in [-0.05, 0) is 30.5 Å². The summed E-state index contributed by atoms with van der Waals surface area (Å²) in [6.07, 6.45) is -3.92. The number of rotatable bonds is 3. The van der Waals surface area contributed by atoms with Gasteiger partial charge in [0.15, 0.2) is 5.69 Å². The molecular weight excluding hydrogens is 271 g/mol. The number of carbonyl (C=O) groups excluding carboxylic acids is 1. The molecule has 7 heteroatoms. The van der Waals surface area contributed by atoms with E-state index in [0.29, 0.717) is 0 Å². The summed E-state index contributed by atoms with van der Waals surface area (Å²) in [7, 11) is 0. The van der Waals surface area contributed by atoms with Gasteiger partial charge in [0.1, 0.15) is 0 Å². The van der Waals surface area contributed by atoms with Gasteiger partial charge in [0, 0.05) is 0 Å². The molecule has 0 atom stereocenters. The molecule has 0 aliphatic rings. The number of aryl methyl sites for hydroxylation is 2. The van der Waals surface area contributed by atoms with E-state index in [1.807, 2.05) is 32.0 Å². The molecule has 0 bridgehead atoms. The Labute approximate surface area is 113 Å². The predicted molar refractivity (Wildman–Crippen MR) is 65.4 cm³/mol. The lowest BCUT2D eigenvalue weighted by Crippen LogP contribution is -2.23. The van der Waals surface area contributed by atoms with Crippen molar-refractivity contribution in [3.05, 3.63) is 46.8 Å². The van der Waals surface area contributed by atoms with E-state index >= 15 is 0 Å². The number of halogens is 3. The minimum atomic E-state index is -4.93. The van der Waals surface area contributed by atoms with E-state index < -0.39 is 17.7 Å². The van der Waals surface area contributed by atoms with Crippen molar-refractivity contribution in [1.82, 2.24) is 15.0 Å². The van der Waals surface area contributed by atoms with Gasteiger partial charge in [0.05, 0.1) is 12.7 Å². The Bertz CT molecular complexity index is 626. The second kappa shape index (κ2) is 5.07. The zero-order chi connectivity index (χ0) is 14.9. The summed E-state index contributed by atoms with van der Waals surface area (Å²) in [6.45, 7) is 4.08. The number of aromatic nitrogens is 3. The van der Waals surface area contributed by atoms with Gasteiger partial charge in [-0.1, -0.05) is 23.4 Å². The summed E-state index contributed by atoms with van der Waals surface area (Å²) in [5, 5.41) is 6.86. The van der Waals surface area contributed by atoms with Gasteiger partial charge in [0.25, 0.3) is 5.78 Å². The number of hydrogen-bond acceptors (Lipinski definition) is 3. The quantitative estimate of drug-likeness (QED) is 0.814. The lowest BCUT2D eigenvalue weighted by molar-refractivity contribution is -0.0888. The number of hydrogen-bond donors (Lipinski definition) is 0. The fourth-order valence-corrected chi connectivity index (χ4v) is 1.89. The van der Waals surface area contributed by atoms with Gasteiger partial charge in [-0.3, -0.25) is 4.79 Å². The van der Waals surface area contributed by atoms with Gasteiger partial charge in [0.2, 0.25) is 0 Å². The second-order valence-corrected chi connectivity index (χ2v) is 4.50. The third kappa shape index (κ3) is 2.87. The van der Waals surface area contributed by atoms with Crippen LogP contribution in [-0.4, -0.2) is 27.0 Å². The number of carbonyl (C=O) groups is 1. The molecule has 0 spiro atoms. The normalized spacial score (nSPS) is 11.7. The first-order chi connectivity index (χ1) is 9.29. The van der Waals surface area contributed by atoms with Crippen LogP contribution in [0.5, 0.6) is 0 Å². The molecule has 0 amide bonds. The third-order valence-corrected chi connectivity index (χ3v) is 2.99. The molecule has 0 saturated carbocycles. The lowest BCUT2D eigenvalue weighted by atomic mass is 10.0. The van der Waals surface area contributed by atoms with Crippen LogP contribution in [0, 0.1) is 13.8 Å². The maximum atomic E-state index is 12.3.